The number of benzene rings is 1. The Bertz CT molecular complexity index is 450. The van der Waals surface area contributed by atoms with Crippen molar-refractivity contribution in [1.29, 1.82) is 0 Å². The van der Waals surface area contributed by atoms with E-state index in [1.807, 2.05) is 0 Å². The van der Waals surface area contributed by atoms with Gasteiger partial charge in [0.1, 0.15) is 5.75 Å². The van der Waals surface area contributed by atoms with Crippen LogP contribution in [0.2, 0.25) is 0 Å². The number of nitrogens with zero attached hydrogens (tertiary/aromatic N) is 1. The summed E-state index contributed by atoms with van der Waals surface area (Å²) < 4.78 is 5.56. The molecule has 3 nitrogen and oxygen atoms in total. The van der Waals surface area contributed by atoms with Crippen LogP contribution in [0.1, 0.15) is 30.9 Å². The van der Waals surface area contributed by atoms with Gasteiger partial charge < -0.3 is 10.5 Å². The molecular formula is C16H25ClN2O. The second-order valence-corrected chi connectivity index (χ2v) is 6.04. The van der Waals surface area contributed by atoms with Crippen molar-refractivity contribution in [3.63, 3.8) is 0 Å². The average Bonchev–Trinajstić information content (AvgIpc) is 2.86. The van der Waals surface area contributed by atoms with Crippen molar-refractivity contribution in [3.05, 3.63) is 29.3 Å². The van der Waals surface area contributed by atoms with Crippen LogP contribution in [0.4, 0.5) is 0 Å². The maximum atomic E-state index is 6.05. The van der Waals surface area contributed by atoms with Crippen molar-refractivity contribution >= 4 is 12.4 Å². The quantitative estimate of drug-likeness (QED) is 0.932. The number of fused-ring (bicyclic) bond motifs is 1. The lowest BCUT2D eigenvalue weighted by molar-refractivity contribution is 0.154. The third-order valence-electron chi connectivity index (χ3n) is 4.45. The van der Waals surface area contributed by atoms with E-state index in [2.05, 4.69) is 30.0 Å². The van der Waals surface area contributed by atoms with E-state index < -0.39 is 0 Å². The number of hydrogen-bond donors (Lipinski definition) is 1. The summed E-state index contributed by atoms with van der Waals surface area (Å²) in [4.78, 5) is 2.55. The van der Waals surface area contributed by atoms with Crippen LogP contribution < -0.4 is 10.5 Å². The molecule has 0 bridgehead atoms. The fraction of sp³-hybridized carbons (Fsp3) is 0.625. The lowest BCUT2D eigenvalue weighted by Crippen LogP contribution is -2.41. The summed E-state index contributed by atoms with van der Waals surface area (Å²) in [6, 6.07) is 6.97. The van der Waals surface area contributed by atoms with E-state index >= 15 is 0 Å². The highest BCUT2D eigenvalue weighted by atomic mass is 35.5. The van der Waals surface area contributed by atoms with Gasteiger partial charge in [0.15, 0.2) is 0 Å². The van der Waals surface area contributed by atoms with Gasteiger partial charge in [-0.3, -0.25) is 4.90 Å². The molecule has 1 saturated heterocycles. The van der Waals surface area contributed by atoms with Crippen molar-refractivity contribution in [3.8, 4) is 5.75 Å². The maximum absolute atomic E-state index is 6.05. The number of piperidine rings is 1. The third kappa shape index (κ3) is 3.46. The Kier molecular flexibility index (Phi) is 5.30. The molecule has 2 aliphatic rings. The molecule has 0 aliphatic carbocycles. The Morgan fingerprint density at radius 2 is 2.30 bits per heavy atom. The van der Waals surface area contributed by atoms with Crippen LogP contribution in [0.5, 0.6) is 5.75 Å². The number of hydrogen-bond acceptors (Lipinski definition) is 3. The first-order valence-corrected chi connectivity index (χ1v) is 7.45. The van der Waals surface area contributed by atoms with E-state index in [1.54, 1.807) is 0 Å². The second-order valence-electron chi connectivity index (χ2n) is 6.04. The Balaban J connectivity index is 0.00000147. The van der Waals surface area contributed by atoms with Gasteiger partial charge in [0.25, 0.3) is 0 Å². The highest BCUT2D eigenvalue weighted by molar-refractivity contribution is 5.85. The Hall–Kier alpha value is -0.770. The van der Waals surface area contributed by atoms with Crippen molar-refractivity contribution in [2.45, 2.75) is 38.8 Å². The Morgan fingerprint density at radius 3 is 3.10 bits per heavy atom. The summed E-state index contributed by atoms with van der Waals surface area (Å²) in [6.07, 6.45) is 3.62. The molecule has 4 heteroatoms. The van der Waals surface area contributed by atoms with Gasteiger partial charge in [-0.25, -0.2) is 0 Å². The zero-order valence-electron chi connectivity index (χ0n) is 12.2. The standard InChI is InChI=1S/C16H24N2O.ClH/c1-12(17)15-3-2-7-18(11-15)10-13-4-5-16-14(9-13)6-8-19-16;/h4-5,9,12,15H,2-3,6-8,10-11,17H2,1H3;1H. The van der Waals surface area contributed by atoms with Gasteiger partial charge in [0.05, 0.1) is 6.61 Å². The molecule has 2 aliphatic heterocycles. The molecule has 0 spiro atoms. The molecule has 2 atom stereocenters. The predicted molar refractivity (Wildman–Crippen MR) is 84.5 cm³/mol. The minimum Gasteiger partial charge on any atom is -0.493 e. The molecule has 1 aromatic rings. The summed E-state index contributed by atoms with van der Waals surface area (Å²) in [7, 11) is 0. The molecule has 112 valence electrons. The van der Waals surface area contributed by atoms with Crippen LogP contribution in [0.3, 0.4) is 0 Å². The molecule has 3 rings (SSSR count). The van der Waals surface area contributed by atoms with E-state index in [-0.39, 0.29) is 12.4 Å². The number of likely N-dealkylation sites (tertiary alicyclic amines) is 1. The van der Waals surface area contributed by atoms with Crippen LogP contribution in [0.25, 0.3) is 0 Å². The van der Waals surface area contributed by atoms with Gasteiger partial charge in [-0.2, -0.15) is 0 Å². The number of nitrogens with two attached hydrogens (primary N) is 1. The summed E-state index contributed by atoms with van der Waals surface area (Å²) >= 11 is 0. The minimum absolute atomic E-state index is 0. The lowest BCUT2D eigenvalue weighted by atomic mass is 9.92. The molecule has 0 amide bonds. The fourth-order valence-electron chi connectivity index (χ4n) is 3.26. The molecular weight excluding hydrogens is 272 g/mol. The summed E-state index contributed by atoms with van der Waals surface area (Å²) in [5.74, 6) is 1.74. The first kappa shape index (κ1) is 15.6. The molecule has 2 heterocycles. The van der Waals surface area contributed by atoms with Crippen molar-refractivity contribution in [2.24, 2.45) is 11.7 Å². The summed E-state index contributed by atoms with van der Waals surface area (Å²) in [6.45, 7) is 6.38. The van der Waals surface area contributed by atoms with Crippen LogP contribution in [-0.4, -0.2) is 30.6 Å². The van der Waals surface area contributed by atoms with Gasteiger partial charge in [0.2, 0.25) is 0 Å². The summed E-state index contributed by atoms with van der Waals surface area (Å²) in [5.41, 5.74) is 8.84. The molecule has 1 aromatic carbocycles. The number of rotatable bonds is 3. The molecule has 0 radical (unpaired) electrons. The van der Waals surface area contributed by atoms with Crippen molar-refractivity contribution in [1.82, 2.24) is 4.90 Å². The molecule has 20 heavy (non-hydrogen) atoms. The van der Waals surface area contributed by atoms with Gasteiger partial charge in [0, 0.05) is 25.6 Å². The largest absolute Gasteiger partial charge is 0.493 e. The first-order valence-electron chi connectivity index (χ1n) is 7.45. The molecule has 0 saturated carbocycles. The van der Waals surface area contributed by atoms with E-state index in [0.717, 1.165) is 31.9 Å². The smallest absolute Gasteiger partial charge is 0.122 e. The van der Waals surface area contributed by atoms with Crippen LogP contribution in [-0.2, 0) is 13.0 Å². The molecule has 0 aromatic heterocycles. The van der Waals surface area contributed by atoms with E-state index in [9.17, 15) is 0 Å². The normalized spacial score (nSPS) is 23.6. The Morgan fingerprint density at radius 1 is 1.45 bits per heavy atom. The number of ether oxygens (including phenoxy) is 1. The first-order chi connectivity index (χ1) is 9.22. The van der Waals surface area contributed by atoms with Gasteiger partial charge in [-0.05, 0) is 49.4 Å². The fourth-order valence-corrected chi connectivity index (χ4v) is 3.26. The zero-order valence-corrected chi connectivity index (χ0v) is 13.0. The van der Waals surface area contributed by atoms with E-state index in [0.29, 0.717) is 12.0 Å². The minimum atomic E-state index is 0. The van der Waals surface area contributed by atoms with Crippen LogP contribution in [0, 0.1) is 5.92 Å². The van der Waals surface area contributed by atoms with E-state index in [4.69, 9.17) is 10.5 Å². The second kappa shape index (κ2) is 6.79. The SMILES string of the molecule is CC(N)C1CCCN(Cc2ccc3c(c2)CCO3)C1.Cl. The van der Waals surface area contributed by atoms with Crippen LogP contribution in [0.15, 0.2) is 18.2 Å². The lowest BCUT2D eigenvalue weighted by Gasteiger charge is -2.34. The monoisotopic (exact) mass is 296 g/mol. The zero-order chi connectivity index (χ0) is 13.2. The number of halogens is 1. The third-order valence-corrected chi connectivity index (χ3v) is 4.45. The van der Waals surface area contributed by atoms with E-state index in [1.165, 1.54) is 30.5 Å². The van der Waals surface area contributed by atoms with Crippen molar-refractivity contribution in [2.75, 3.05) is 19.7 Å². The maximum Gasteiger partial charge on any atom is 0.122 e. The van der Waals surface area contributed by atoms with Gasteiger partial charge in [-0.1, -0.05) is 12.1 Å². The average molecular weight is 297 g/mol. The topological polar surface area (TPSA) is 38.5 Å². The highest BCUT2D eigenvalue weighted by Gasteiger charge is 2.23. The highest BCUT2D eigenvalue weighted by Crippen LogP contribution is 2.27. The Labute approximate surface area is 127 Å². The summed E-state index contributed by atoms with van der Waals surface area (Å²) in [5, 5.41) is 0. The van der Waals surface area contributed by atoms with Crippen molar-refractivity contribution < 1.29 is 4.74 Å². The molecule has 1 fully saturated rings. The van der Waals surface area contributed by atoms with Crippen LogP contribution >= 0.6 is 12.4 Å². The van der Waals surface area contributed by atoms with Gasteiger partial charge in [-0.15, -0.1) is 12.4 Å². The van der Waals surface area contributed by atoms with Gasteiger partial charge >= 0.3 is 0 Å². The molecule has 2 unspecified atom stereocenters. The predicted octanol–water partition coefficient (Wildman–Crippen LogP) is 2.60. The molecule has 2 N–H and O–H groups in total.